The van der Waals surface area contributed by atoms with Crippen LogP contribution in [0.1, 0.15) is 20.7 Å². The van der Waals surface area contributed by atoms with E-state index in [2.05, 4.69) is 63.7 Å². The number of hydrogen-bond acceptors (Lipinski definition) is 6. The van der Waals surface area contributed by atoms with Crippen LogP contribution in [0.5, 0.6) is 11.5 Å². The summed E-state index contributed by atoms with van der Waals surface area (Å²) in [6.45, 7) is 0. The van der Waals surface area contributed by atoms with E-state index in [9.17, 15) is 29.7 Å². The molecule has 1 aliphatic carbocycles. The first-order valence-electron chi connectivity index (χ1n) is 16.0. The molecule has 3 amide bonds. The highest BCUT2D eigenvalue weighted by Gasteiger charge is 2.43. The fraction of sp³-hybridized carbons (Fsp3) is 0.0513. The Kier molecular flexibility index (Phi) is 17.7. The fourth-order valence-electron chi connectivity index (χ4n) is 4.70. The molecule has 0 bridgehead atoms. The molecule has 0 saturated heterocycles. The Labute approximate surface area is 392 Å². The zero-order valence-electron chi connectivity index (χ0n) is 28.8. The Morgan fingerprint density at radius 3 is 1.71 bits per heavy atom. The molecule has 1 aliphatic rings. The average molecular weight is 1120 g/mol. The lowest BCUT2D eigenvalue weighted by molar-refractivity contribution is -0.121. The number of phenolic OH excluding ortho intramolecular Hbond substituents is 2. The van der Waals surface area contributed by atoms with Crippen molar-refractivity contribution in [3.8, 4) is 11.5 Å². The van der Waals surface area contributed by atoms with E-state index in [1.165, 1.54) is 24.3 Å². The van der Waals surface area contributed by atoms with Crippen LogP contribution in [-0.2, 0) is 4.79 Å². The highest BCUT2D eigenvalue weighted by atomic mass is 79.9. The standard InChI is InChI=1S/C13H8Br3NO2.C13H9Cl4NO2.C13H8Cl3NO2/c14-7-1-3-9(4-2-7)17-13(19)10-5-8(15)6-11(16)12(10)18;14-7-2-1-3-9(4-7)18-12(19)10-5-8(15)6-11(16)13(10,17)20;14-7-2-1-3-9(4-7)17-13(19)10-5-8(15)6-11(16)12(10)18/h1-6,18H,(H,17,19);1-6,10,20H,(H,18,19);1-6,18H,(H,17,19). The van der Waals surface area contributed by atoms with Crippen molar-refractivity contribution in [3.05, 3.63) is 164 Å². The third kappa shape index (κ3) is 13.5. The van der Waals surface area contributed by atoms with E-state index in [1.54, 1.807) is 72.8 Å². The third-order valence-electron chi connectivity index (χ3n) is 7.44. The van der Waals surface area contributed by atoms with Gasteiger partial charge in [-0.3, -0.25) is 14.4 Å². The van der Waals surface area contributed by atoms with E-state index in [-0.39, 0.29) is 48.6 Å². The lowest BCUT2D eigenvalue weighted by atomic mass is 9.95. The van der Waals surface area contributed by atoms with E-state index < -0.39 is 22.8 Å². The molecule has 5 aromatic carbocycles. The highest BCUT2D eigenvalue weighted by molar-refractivity contribution is 9.11. The molecule has 0 fully saturated rings. The number of aliphatic hydroxyl groups is 1. The molecule has 5 aromatic rings. The minimum Gasteiger partial charge on any atom is -0.506 e. The van der Waals surface area contributed by atoms with E-state index in [4.69, 9.17) is 81.2 Å². The maximum atomic E-state index is 12.2. The van der Waals surface area contributed by atoms with Crippen LogP contribution in [0, 0.1) is 5.92 Å². The number of anilines is 3. The van der Waals surface area contributed by atoms with Crippen LogP contribution in [0.3, 0.4) is 0 Å². The summed E-state index contributed by atoms with van der Waals surface area (Å²) in [6.07, 6.45) is 2.62. The molecule has 0 spiro atoms. The van der Waals surface area contributed by atoms with Gasteiger partial charge in [0, 0.05) is 46.1 Å². The Bertz CT molecular complexity index is 2420. The summed E-state index contributed by atoms with van der Waals surface area (Å²) in [7, 11) is 0. The summed E-state index contributed by atoms with van der Waals surface area (Å²) >= 11 is 50.6. The molecule has 302 valence electrons. The molecule has 0 saturated carbocycles. The van der Waals surface area contributed by atoms with Crippen LogP contribution >= 0.6 is 129 Å². The zero-order valence-corrected chi connectivity index (χ0v) is 38.9. The van der Waals surface area contributed by atoms with Crippen LogP contribution in [0.15, 0.2) is 133 Å². The number of carbonyl (C=O) groups excluding carboxylic acids is 3. The van der Waals surface area contributed by atoms with Crippen LogP contribution < -0.4 is 16.0 Å². The molecule has 2 atom stereocenters. The number of benzene rings is 5. The van der Waals surface area contributed by atoms with Crippen LogP contribution in [0.25, 0.3) is 0 Å². The summed E-state index contributed by atoms with van der Waals surface area (Å²) in [4.78, 5) is 36.3. The predicted octanol–water partition coefficient (Wildman–Crippen LogP) is 13.6. The summed E-state index contributed by atoms with van der Waals surface area (Å²) in [5.74, 6) is -2.96. The van der Waals surface area contributed by atoms with Crippen molar-refractivity contribution in [3.63, 3.8) is 0 Å². The summed E-state index contributed by atoms with van der Waals surface area (Å²) in [5, 5.41) is 37.0. The van der Waals surface area contributed by atoms with Gasteiger partial charge in [0.2, 0.25) is 5.91 Å². The van der Waals surface area contributed by atoms with E-state index in [1.807, 2.05) is 12.1 Å². The first kappa shape index (κ1) is 47.7. The van der Waals surface area contributed by atoms with Gasteiger partial charge in [0.05, 0.1) is 25.7 Å². The number of amides is 3. The molecule has 9 nitrogen and oxygen atoms in total. The smallest absolute Gasteiger partial charge is 0.259 e. The Balaban J connectivity index is 0.000000193. The third-order valence-corrected chi connectivity index (χ3v) is 11.2. The number of phenols is 2. The van der Waals surface area contributed by atoms with Crippen LogP contribution in [-0.4, -0.2) is 38.1 Å². The zero-order chi connectivity index (χ0) is 42.9. The van der Waals surface area contributed by atoms with Gasteiger partial charge in [-0.05, 0) is 113 Å². The average Bonchev–Trinajstić information content (AvgIpc) is 3.14. The van der Waals surface area contributed by atoms with Crippen LogP contribution in [0.4, 0.5) is 17.1 Å². The molecular weight excluding hydrogens is 1090 g/mol. The maximum absolute atomic E-state index is 12.2. The second-order valence-corrected chi connectivity index (χ2v) is 17.5. The monoisotopic (exact) mass is 1110 g/mol. The summed E-state index contributed by atoms with van der Waals surface area (Å²) in [6, 6.07) is 26.3. The van der Waals surface area contributed by atoms with Crippen molar-refractivity contribution in [2.24, 2.45) is 5.92 Å². The lowest BCUT2D eigenvalue weighted by Gasteiger charge is -2.30. The molecule has 58 heavy (non-hydrogen) atoms. The SMILES string of the molecule is O=C(Nc1ccc(Br)cc1)c1cc(Br)cc(Br)c1O.O=C(Nc1cccc(Cl)c1)C1C=C(Cl)C=C(Cl)C1(O)Cl.O=C(Nc1cccc(Cl)c1)c1cc(Cl)cc(Cl)c1O. The topological polar surface area (TPSA) is 148 Å². The second kappa shape index (κ2) is 21.5. The minimum atomic E-state index is -2.03. The molecule has 0 aliphatic heterocycles. The van der Waals surface area contributed by atoms with E-state index in [0.29, 0.717) is 36.1 Å². The number of hydrogen-bond donors (Lipinski definition) is 6. The van der Waals surface area contributed by atoms with Gasteiger partial charge in [-0.25, -0.2) is 0 Å². The van der Waals surface area contributed by atoms with Crippen molar-refractivity contribution in [1.29, 1.82) is 0 Å². The fourth-order valence-corrected chi connectivity index (χ4v) is 7.80. The van der Waals surface area contributed by atoms with Gasteiger partial charge >= 0.3 is 0 Å². The number of halogens is 10. The number of rotatable bonds is 6. The Morgan fingerprint density at radius 2 is 1.14 bits per heavy atom. The van der Waals surface area contributed by atoms with Gasteiger partial charge in [0.15, 0.2) is 5.06 Å². The molecule has 2 unspecified atom stereocenters. The second-order valence-electron chi connectivity index (χ2n) is 11.7. The van der Waals surface area contributed by atoms with Crippen molar-refractivity contribution in [1.82, 2.24) is 0 Å². The van der Waals surface area contributed by atoms with Crippen molar-refractivity contribution < 1.29 is 29.7 Å². The number of carbonyl (C=O) groups is 3. The first-order valence-corrected chi connectivity index (χ1v) is 21.0. The number of nitrogens with one attached hydrogen (secondary N) is 3. The van der Waals surface area contributed by atoms with E-state index in [0.717, 1.165) is 4.47 Å². The Morgan fingerprint density at radius 1 is 0.603 bits per heavy atom. The van der Waals surface area contributed by atoms with Crippen LogP contribution in [0.2, 0.25) is 20.1 Å². The normalized spacial score (nSPS) is 15.6. The summed E-state index contributed by atoms with van der Waals surface area (Å²) in [5.41, 5.74) is 1.84. The number of aromatic hydroxyl groups is 2. The minimum absolute atomic E-state index is 0.00234. The summed E-state index contributed by atoms with van der Waals surface area (Å²) < 4.78 is 2.10. The Hall–Kier alpha value is -2.98. The quantitative estimate of drug-likeness (QED) is 0.0933. The van der Waals surface area contributed by atoms with Crippen molar-refractivity contribution in [2.45, 2.75) is 5.06 Å². The molecule has 6 rings (SSSR count). The number of alkyl halides is 1. The van der Waals surface area contributed by atoms with E-state index >= 15 is 0 Å². The number of allylic oxidation sites excluding steroid dienone is 2. The van der Waals surface area contributed by atoms with Crippen molar-refractivity contribution in [2.75, 3.05) is 16.0 Å². The lowest BCUT2D eigenvalue weighted by Crippen LogP contribution is -2.41. The first-order chi connectivity index (χ1) is 27.2. The maximum Gasteiger partial charge on any atom is 0.259 e. The molecule has 0 heterocycles. The van der Waals surface area contributed by atoms with Gasteiger partial charge in [0.25, 0.3) is 11.8 Å². The van der Waals surface area contributed by atoms with Crippen molar-refractivity contribution >= 4 is 164 Å². The van der Waals surface area contributed by atoms with Gasteiger partial charge in [-0.15, -0.1) is 0 Å². The molecule has 0 aromatic heterocycles. The van der Waals surface area contributed by atoms with Gasteiger partial charge < -0.3 is 31.3 Å². The molecule has 6 N–H and O–H groups in total. The predicted molar refractivity (Wildman–Crippen MR) is 245 cm³/mol. The van der Waals surface area contributed by atoms with Gasteiger partial charge in [0.1, 0.15) is 17.4 Å². The van der Waals surface area contributed by atoms with Gasteiger partial charge in [-0.1, -0.05) is 125 Å². The highest BCUT2D eigenvalue weighted by Crippen LogP contribution is 2.40. The molecule has 19 heteroatoms. The molecule has 0 radical (unpaired) electrons. The van der Waals surface area contributed by atoms with Gasteiger partial charge in [-0.2, -0.15) is 0 Å². The largest absolute Gasteiger partial charge is 0.506 e. The molecular formula is C39H25Br3Cl7N3O6.